The average Bonchev–Trinajstić information content (AvgIpc) is 3.00. The fourth-order valence-corrected chi connectivity index (χ4v) is 3.95. The van der Waals surface area contributed by atoms with Crippen molar-refractivity contribution in [2.75, 3.05) is 18.4 Å². The number of aliphatic hydroxyl groups excluding tert-OH is 1. The molecule has 3 N–H and O–H groups in total. The van der Waals surface area contributed by atoms with E-state index in [-0.39, 0.29) is 12.5 Å². The number of benzene rings is 1. The number of aliphatic hydroxyl groups is 1. The molecule has 0 aliphatic rings. The monoisotopic (exact) mass is 384 g/mol. The van der Waals surface area contributed by atoms with Crippen LogP contribution >= 0.6 is 11.3 Å². The van der Waals surface area contributed by atoms with Crippen LogP contribution in [0, 0.1) is 6.92 Å². The molecule has 6 nitrogen and oxygen atoms in total. The number of aromatic nitrogens is 2. The number of carbonyl (C=O) groups is 1. The number of aryl methyl sites for hydroxylation is 1. The van der Waals surface area contributed by atoms with Gasteiger partial charge in [-0.3, -0.25) is 4.79 Å². The van der Waals surface area contributed by atoms with Crippen LogP contribution in [0.15, 0.2) is 36.7 Å². The number of nitrogens with zero attached hydrogens (tertiary/aromatic N) is 2. The van der Waals surface area contributed by atoms with Gasteiger partial charge in [-0.2, -0.15) is 0 Å². The maximum Gasteiger partial charge on any atom is 0.220 e. The second-order valence-electron chi connectivity index (χ2n) is 6.49. The first-order valence-electron chi connectivity index (χ1n) is 9.04. The second-order valence-corrected chi connectivity index (χ2v) is 7.69. The topological polar surface area (TPSA) is 87.1 Å². The number of amides is 1. The summed E-state index contributed by atoms with van der Waals surface area (Å²) in [6.07, 6.45) is 2.13. The highest BCUT2D eigenvalue weighted by Gasteiger charge is 2.16. The van der Waals surface area contributed by atoms with Crippen molar-refractivity contribution < 1.29 is 9.90 Å². The Bertz CT molecular complexity index is 909. The molecule has 0 fully saturated rings. The lowest BCUT2D eigenvalue weighted by Crippen LogP contribution is -2.30. The molecule has 7 heteroatoms. The number of nitrogens with one attached hydrogen (secondary N) is 2. The number of hydrogen-bond donors (Lipinski definition) is 3. The first kappa shape index (κ1) is 19.3. The number of rotatable bonds is 8. The first-order chi connectivity index (χ1) is 13.1. The summed E-state index contributed by atoms with van der Waals surface area (Å²) in [5.41, 5.74) is 2.31. The highest BCUT2D eigenvalue weighted by Crippen LogP contribution is 2.40. The molecule has 3 rings (SSSR count). The number of thiophene rings is 1. The van der Waals surface area contributed by atoms with Gasteiger partial charge in [-0.1, -0.05) is 30.3 Å². The van der Waals surface area contributed by atoms with Gasteiger partial charge in [0, 0.05) is 30.0 Å². The summed E-state index contributed by atoms with van der Waals surface area (Å²) in [6, 6.07) is 10.3. The zero-order valence-electron chi connectivity index (χ0n) is 15.5. The predicted molar refractivity (Wildman–Crippen MR) is 110 cm³/mol. The van der Waals surface area contributed by atoms with Crippen LogP contribution in [0.2, 0.25) is 0 Å². The first-order valence-corrected chi connectivity index (χ1v) is 9.86. The maximum absolute atomic E-state index is 11.7. The number of carbonyl (C=O) groups excluding carboxylic acids is 1. The van der Waals surface area contributed by atoms with Crippen molar-refractivity contribution in [1.29, 1.82) is 0 Å². The lowest BCUT2D eigenvalue weighted by molar-refractivity contribution is -0.121. The largest absolute Gasteiger partial charge is 0.392 e. The fraction of sp³-hybridized carbons (Fsp3) is 0.350. The van der Waals surface area contributed by atoms with Gasteiger partial charge in [0.1, 0.15) is 17.0 Å². The van der Waals surface area contributed by atoms with Crippen LogP contribution in [0.25, 0.3) is 21.3 Å². The van der Waals surface area contributed by atoms with Crippen molar-refractivity contribution in [3.05, 3.63) is 41.5 Å². The van der Waals surface area contributed by atoms with Gasteiger partial charge in [0.2, 0.25) is 5.91 Å². The van der Waals surface area contributed by atoms with Crippen LogP contribution in [0.5, 0.6) is 0 Å². The van der Waals surface area contributed by atoms with Crippen LogP contribution in [0.4, 0.5) is 5.82 Å². The van der Waals surface area contributed by atoms with E-state index < -0.39 is 6.10 Å². The van der Waals surface area contributed by atoms with Gasteiger partial charge in [0.25, 0.3) is 0 Å². The van der Waals surface area contributed by atoms with E-state index in [1.54, 1.807) is 24.6 Å². The predicted octanol–water partition coefficient (Wildman–Crippen LogP) is 3.36. The molecule has 1 amide bonds. The van der Waals surface area contributed by atoms with E-state index in [9.17, 15) is 9.90 Å². The minimum Gasteiger partial charge on any atom is -0.392 e. The molecule has 1 aromatic carbocycles. The van der Waals surface area contributed by atoms with Gasteiger partial charge < -0.3 is 15.7 Å². The lowest BCUT2D eigenvalue weighted by Gasteiger charge is -2.10. The number of fused-ring (bicyclic) bond motifs is 1. The van der Waals surface area contributed by atoms with Crippen LogP contribution in [-0.2, 0) is 4.79 Å². The Hall–Kier alpha value is -2.51. The molecule has 142 valence electrons. The summed E-state index contributed by atoms with van der Waals surface area (Å²) in [6.45, 7) is 4.67. The highest BCUT2D eigenvalue weighted by molar-refractivity contribution is 7.19. The van der Waals surface area contributed by atoms with Crippen molar-refractivity contribution in [2.45, 2.75) is 32.8 Å². The molecule has 0 aliphatic carbocycles. The molecule has 0 bridgehead atoms. The third-order valence-corrected chi connectivity index (χ3v) is 5.21. The molecule has 1 unspecified atom stereocenters. The summed E-state index contributed by atoms with van der Waals surface area (Å²) in [4.78, 5) is 22.8. The van der Waals surface area contributed by atoms with Crippen molar-refractivity contribution in [1.82, 2.24) is 15.3 Å². The van der Waals surface area contributed by atoms with Gasteiger partial charge >= 0.3 is 0 Å². The molecule has 0 saturated heterocycles. The summed E-state index contributed by atoms with van der Waals surface area (Å²) in [5.74, 6) is 0.745. The summed E-state index contributed by atoms with van der Waals surface area (Å²) >= 11 is 1.66. The molecule has 0 radical (unpaired) electrons. The third kappa shape index (κ3) is 4.81. The summed E-state index contributed by atoms with van der Waals surface area (Å²) in [7, 11) is 0. The Labute approximate surface area is 162 Å². The molecule has 0 aliphatic heterocycles. The van der Waals surface area contributed by atoms with Gasteiger partial charge in [0.05, 0.1) is 11.5 Å². The van der Waals surface area contributed by atoms with Crippen LogP contribution < -0.4 is 10.6 Å². The van der Waals surface area contributed by atoms with Gasteiger partial charge in [-0.15, -0.1) is 11.3 Å². The highest BCUT2D eigenvalue weighted by atomic mass is 32.1. The van der Waals surface area contributed by atoms with Crippen LogP contribution in [0.1, 0.15) is 24.6 Å². The molecule has 0 spiro atoms. The van der Waals surface area contributed by atoms with E-state index in [2.05, 4.69) is 39.7 Å². The zero-order chi connectivity index (χ0) is 19.2. The Balaban J connectivity index is 1.71. The van der Waals surface area contributed by atoms with E-state index in [1.807, 2.05) is 18.2 Å². The van der Waals surface area contributed by atoms with Crippen molar-refractivity contribution in [3.63, 3.8) is 0 Å². The van der Waals surface area contributed by atoms with E-state index in [0.29, 0.717) is 19.4 Å². The van der Waals surface area contributed by atoms with Gasteiger partial charge in [-0.25, -0.2) is 9.97 Å². The maximum atomic E-state index is 11.7. The van der Waals surface area contributed by atoms with E-state index in [4.69, 9.17) is 0 Å². The molecule has 1 atom stereocenters. The second kappa shape index (κ2) is 8.92. The molecule has 27 heavy (non-hydrogen) atoms. The van der Waals surface area contributed by atoms with E-state index in [1.165, 1.54) is 4.88 Å². The van der Waals surface area contributed by atoms with Gasteiger partial charge in [-0.05, 0) is 25.8 Å². The smallest absolute Gasteiger partial charge is 0.220 e. The molecule has 3 aromatic rings. The Morgan fingerprint density at radius 3 is 2.78 bits per heavy atom. The summed E-state index contributed by atoms with van der Waals surface area (Å²) < 4.78 is 0. The quantitative estimate of drug-likeness (QED) is 0.519. The van der Waals surface area contributed by atoms with Crippen LogP contribution in [0.3, 0.4) is 0 Å². The van der Waals surface area contributed by atoms with Crippen molar-refractivity contribution in [3.8, 4) is 11.1 Å². The minimum absolute atomic E-state index is 0.0538. The Kier molecular flexibility index (Phi) is 6.36. The average molecular weight is 385 g/mol. The molecule has 2 heterocycles. The fourth-order valence-electron chi connectivity index (χ4n) is 2.94. The van der Waals surface area contributed by atoms with E-state index >= 15 is 0 Å². The molecule has 0 saturated carbocycles. The molecular weight excluding hydrogens is 360 g/mol. The van der Waals surface area contributed by atoms with Crippen molar-refractivity contribution >= 4 is 33.3 Å². The zero-order valence-corrected chi connectivity index (χ0v) is 16.3. The van der Waals surface area contributed by atoms with Crippen molar-refractivity contribution in [2.24, 2.45) is 0 Å². The number of hydrogen-bond acceptors (Lipinski definition) is 6. The van der Waals surface area contributed by atoms with Gasteiger partial charge in [0.15, 0.2) is 0 Å². The normalized spacial score (nSPS) is 12.1. The SMILES string of the molecule is Cc1sc2ncnc(NCCCC(=O)NCC(C)O)c2c1-c1ccccc1. The Morgan fingerprint density at radius 1 is 1.26 bits per heavy atom. The minimum atomic E-state index is -0.528. The Morgan fingerprint density at radius 2 is 2.04 bits per heavy atom. The van der Waals surface area contributed by atoms with Crippen LogP contribution in [-0.4, -0.2) is 40.2 Å². The summed E-state index contributed by atoms with van der Waals surface area (Å²) in [5, 5.41) is 16.3. The molecule has 2 aromatic heterocycles. The third-order valence-electron chi connectivity index (χ3n) is 4.19. The standard InChI is InChI=1S/C20H24N4O2S/c1-13(25)11-22-16(26)9-6-10-21-19-18-17(15-7-4-3-5-8-15)14(2)27-20(18)24-12-23-19/h3-5,7-8,12-13,25H,6,9-11H2,1-2H3,(H,22,26)(H,21,23,24). The molecular formula is C20H24N4O2S. The number of anilines is 1. The lowest BCUT2D eigenvalue weighted by atomic mass is 10.0. The van der Waals surface area contributed by atoms with E-state index in [0.717, 1.165) is 27.2 Å².